The third kappa shape index (κ3) is 36.3. The van der Waals surface area contributed by atoms with Crippen LogP contribution in [0, 0.1) is 6.92 Å². The van der Waals surface area contributed by atoms with Gasteiger partial charge in [0, 0.05) is 25.0 Å². The maximum absolute atomic E-state index is 5.75. The molecule has 0 saturated carbocycles. The van der Waals surface area contributed by atoms with Gasteiger partial charge in [0.15, 0.2) is 0 Å². The molecule has 32 heavy (non-hydrogen) atoms. The minimum Gasteiger partial charge on any atom is -1.00 e. The van der Waals surface area contributed by atoms with Crippen LogP contribution in [0.2, 0.25) is 30.2 Å². The maximum atomic E-state index is 5.75. The van der Waals surface area contributed by atoms with E-state index in [1.54, 1.807) is 0 Å². The van der Waals surface area contributed by atoms with E-state index in [4.69, 9.17) is 61.2 Å². The van der Waals surface area contributed by atoms with Gasteiger partial charge in [-0.15, -0.1) is 76.2 Å². The summed E-state index contributed by atoms with van der Waals surface area (Å²) in [5, 5.41) is 0. The average molecular weight is 614 g/mol. The Balaban J connectivity index is -0.000000114. The zero-order valence-electron chi connectivity index (χ0n) is 19.4. The Morgan fingerprint density at radius 3 is 1.31 bits per heavy atom. The van der Waals surface area contributed by atoms with Crippen molar-refractivity contribution in [2.45, 2.75) is 55.9 Å². The van der Waals surface area contributed by atoms with E-state index in [9.17, 15) is 0 Å². The fourth-order valence-corrected chi connectivity index (χ4v) is 9.07. The van der Waals surface area contributed by atoms with E-state index in [1.807, 2.05) is 18.2 Å². The molecule has 0 aromatic rings. The van der Waals surface area contributed by atoms with Crippen molar-refractivity contribution in [3.63, 3.8) is 0 Å². The van der Waals surface area contributed by atoms with Crippen LogP contribution in [0.1, 0.15) is 25.7 Å². The van der Waals surface area contributed by atoms with E-state index >= 15 is 0 Å². The second-order valence-corrected chi connectivity index (χ2v) is 21.5. The summed E-state index contributed by atoms with van der Waals surface area (Å²) in [5.74, 6) is 1.35. The quantitative estimate of drug-likeness (QED) is 0.0824. The van der Waals surface area contributed by atoms with Crippen LogP contribution in [0.4, 0.5) is 0 Å². The van der Waals surface area contributed by atoms with E-state index in [1.165, 1.54) is 25.0 Å². The van der Waals surface area contributed by atoms with Crippen LogP contribution >= 0.6 is 56.4 Å². The van der Waals surface area contributed by atoms with Crippen LogP contribution in [-0.2, 0) is 4.74 Å². The molecule has 10 heteroatoms. The summed E-state index contributed by atoms with van der Waals surface area (Å²) in [4.78, 5) is 0. The average Bonchev–Trinajstić information content (AvgIpc) is 3.26. The molecule has 0 aromatic heterocycles. The van der Waals surface area contributed by atoms with Crippen LogP contribution in [0.15, 0.2) is 50.6 Å². The fourth-order valence-electron chi connectivity index (χ4n) is 2.69. The smallest absolute Gasteiger partial charge is 1.00 e. The van der Waals surface area contributed by atoms with Crippen LogP contribution in [-0.4, -0.2) is 62.1 Å². The molecule has 0 spiro atoms. The summed E-state index contributed by atoms with van der Waals surface area (Å²) in [6, 6.07) is 3.05. The summed E-state index contributed by atoms with van der Waals surface area (Å²) in [6.45, 7) is 20.1. The van der Waals surface area contributed by atoms with Crippen LogP contribution in [0.3, 0.4) is 0 Å². The second kappa shape index (κ2) is 32.7. The maximum Gasteiger partial charge on any atom is 2.00 e. The first-order valence-electron chi connectivity index (χ1n) is 10.2. The minimum absolute atomic E-state index is 0. The van der Waals surface area contributed by atoms with E-state index < -0.39 is 14.1 Å². The van der Waals surface area contributed by atoms with Crippen molar-refractivity contribution in [2.75, 3.05) is 25.0 Å². The van der Waals surface area contributed by atoms with E-state index in [-0.39, 0.29) is 35.5 Å². The van der Waals surface area contributed by atoms with Crippen molar-refractivity contribution in [1.82, 2.24) is 0 Å². The van der Waals surface area contributed by atoms with Crippen molar-refractivity contribution >= 4 is 93.6 Å². The van der Waals surface area contributed by atoms with Gasteiger partial charge in [-0.2, -0.15) is 0 Å². The summed E-state index contributed by atoms with van der Waals surface area (Å²) < 4.78 is 4.94. The fraction of sp³-hybridized carbons (Fsp3) is 0.591. The molecule has 0 radical (unpaired) electrons. The number of alkyl halides is 2. The molecular formula is C22H40Cl6MgOSi2. The predicted octanol–water partition coefficient (Wildman–Crippen LogP) is 6.32. The van der Waals surface area contributed by atoms with Gasteiger partial charge in [-0.1, -0.05) is 24.3 Å². The van der Waals surface area contributed by atoms with Crippen molar-refractivity contribution in [2.24, 2.45) is 0 Å². The first-order chi connectivity index (χ1) is 14.2. The summed E-state index contributed by atoms with van der Waals surface area (Å²) in [7, 11) is -1.26. The van der Waals surface area contributed by atoms with Crippen molar-refractivity contribution in [3.8, 4) is 0 Å². The van der Waals surface area contributed by atoms with Gasteiger partial charge in [0.05, 0.1) is 8.07 Å². The number of ether oxygens (including phenoxy) is 1. The van der Waals surface area contributed by atoms with Crippen LogP contribution in [0.25, 0.3) is 0 Å². The first-order valence-corrected chi connectivity index (χ1v) is 19.4. The predicted molar refractivity (Wildman–Crippen MR) is 156 cm³/mol. The van der Waals surface area contributed by atoms with Gasteiger partial charge < -0.3 is 17.1 Å². The molecule has 186 valence electrons. The molecule has 0 atom stereocenters. The van der Waals surface area contributed by atoms with Crippen molar-refractivity contribution < 1.29 is 17.1 Å². The molecule has 1 aliphatic rings. The zero-order valence-corrected chi connectivity index (χ0v) is 27.4. The molecule has 0 amide bonds. The van der Waals surface area contributed by atoms with Crippen LogP contribution in [0.5, 0.6) is 0 Å². The Morgan fingerprint density at radius 1 is 0.781 bits per heavy atom. The number of rotatable bonds is 12. The molecule has 1 saturated heterocycles. The summed E-state index contributed by atoms with van der Waals surface area (Å²) >= 11 is 27.7. The molecule has 1 fully saturated rings. The van der Waals surface area contributed by atoms with E-state index in [2.05, 4.69) is 33.2 Å². The normalized spacial score (nSPS) is 11.9. The van der Waals surface area contributed by atoms with Gasteiger partial charge >= 0.3 is 29.1 Å². The number of allylic oxidation sites excluding steroid dienone is 4. The Kier molecular flexibility index (Phi) is 44.8. The second-order valence-electron chi connectivity index (χ2n) is 6.79. The topological polar surface area (TPSA) is 9.23 Å². The van der Waals surface area contributed by atoms with Gasteiger partial charge in [0.2, 0.25) is 0 Å². The molecule has 0 unspecified atom stereocenters. The molecule has 1 rings (SSSR count). The molecule has 0 aromatic carbocycles. The molecule has 0 bridgehead atoms. The number of halogens is 6. The van der Waals surface area contributed by atoms with Crippen molar-refractivity contribution in [1.29, 1.82) is 0 Å². The van der Waals surface area contributed by atoms with Gasteiger partial charge in [-0.3, -0.25) is 0 Å². The Labute approximate surface area is 247 Å². The molecular weight excluding hydrogens is 573 g/mol. The standard InChI is InChI=1S/C12H21ClSi.C4H8O.C3H6Cl4Si.C3H5.ClH.Mg/c1-4-9-14(10-5-2,11-6-3)12-7-8-13;1-2-4-5-3-1;4-2-1-3-8(5,6)7;1-3-2;;/h4-6H,1-3,7-12H2;1-4H2;1-3H2;3H,1-2H2;1H;/q;;;-1;;+2/p-1. The molecule has 1 heterocycles. The molecule has 0 aliphatic carbocycles. The van der Waals surface area contributed by atoms with Gasteiger partial charge in [-0.05, 0) is 49.9 Å². The Morgan fingerprint density at radius 2 is 1.12 bits per heavy atom. The van der Waals surface area contributed by atoms with E-state index in [0.29, 0.717) is 11.9 Å². The first kappa shape index (κ1) is 43.8. The number of hydrogen-bond donors (Lipinski definition) is 0. The van der Waals surface area contributed by atoms with Gasteiger partial charge in [0.1, 0.15) is 0 Å². The zero-order chi connectivity index (χ0) is 23.7. The minimum atomic E-state index is -2.35. The largest absolute Gasteiger partial charge is 2.00 e. The third-order valence-electron chi connectivity index (χ3n) is 3.99. The van der Waals surface area contributed by atoms with Crippen LogP contribution < -0.4 is 12.4 Å². The SMILES string of the molecule is C1CCOC1.C=CC[Si](CC=C)(CC=C)CCCCl.C=C[CH2-].ClCCC[Si](Cl)(Cl)Cl.[Cl-].[Mg+2]. The van der Waals surface area contributed by atoms with Crippen molar-refractivity contribution in [3.05, 3.63) is 57.5 Å². The van der Waals surface area contributed by atoms with Gasteiger partial charge in [-0.25, -0.2) is 19.6 Å². The summed E-state index contributed by atoms with van der Waals surface area (Å²) in [5.41, 5.74) is 0. The Hall–Kier alpha value is 1.73. The van der Waals surface area contributed by atoms with E-state index in [0.717, 1.165) is 50.1 Å². The third-order valence-corrected chi connectivity index (χ3v) is 12.0. The monoisotopic (exact) mass is 610 g/mol. The summed E-state index contributed by atoms with van der Waals surface area (Å²) in [6.07, 6.45) is 12.1. The number of hydrogen-bond acceptors (Lipinski definition) is 1. The molecule has 0 N–H and O–H groups in total. The molecule has 1 nitrogen and oxygen atoms in total. The Bertz CT molecular complexity index is 386. The van der Waals surface area contributed by atoms with Gasteiger partial charge in [0.25, 0.3) is 0 Å². The molecule has 1 aliphatic heterocycles.